The minimum absolute atomic E-state index is 0.0442. The average Bonchev–Trinajstić information content (AvgIpc) is 3.01. The van der Waals surface area contributed by atoms with Crippen LogP contribution in [-0.2, 0) is 27.2 Å². The molecule has 2 saturated heterocycles. The number of ketones is 1. The summed E-state index contributed by atoms with van der Waals surface area (Å²) in [6.45, 7) is 4.58. The van der Waals surface area contributed by atoms with Crippen LogP contribution in [0.25, 0.3) is 0 Å². The topological polar surface area (TPSA) is 73.3 Å². The zero-order valence-corrected chi connectivity index (χ0v) is 18.6. The molecule has 170 valence electrons. The van der Waals surface area contributed by atoms with Crippen LogP contribution in [0.1, 0.15) is 28.3 Å². The molecule has 1 atom stereocenters. The number of hydrogen-bond acceptors (Lipinski definition) is 6. The molecule has 2 aromatic carbocycles. The number of benzene rings is 2. The van der Waals surface area contributed by atoms with Crippen LogP contribution < -0.4 is 0 Å². The van der Waals surface area contributed by atoms with E-state index in [9.17, 15) is 14.7 Å². The van der Waals surface area contributed by atoms with E-state index in [0.717, 1.165) is 30.0 Å². The van der Waals surface area contributed by atoms with Gasteiger partial charge in [-0.25, -0.2) is 0 Å². The molecule has 2 fully saturated rings. The Hall–Kier alpha value is -3.42. The third-order valence-corrected chi connectivity index (χ3v) is 6.81. The van der Waals surface area contributed by atoms with Gasteiger partial charge in [0.25, 0.3) is 5.91 Å². The van der Waals surface area contributed by atoms with Gasteiger partial charge in [-0.3, -0.25) is 14.6 Å². The number of nitrogens with zero attached hydrogens (tertiary/aromatic N) is 3. The first kappa shape index (κ1) is 21.4. The molecule has 5 rings (SSSR count). The maximum atomic E-state index is 13.4. The molecule has 3 aliphatic rings. The second-order valence-corrected chi connectivity index (χ2v) is 8.52. The largest absolute Gasteiger partial charge is 0.503 e. The Morgan fingerprint density at radius 1 is 1.09 bits per heavy atom. The molecule has 0 bridgehead atoms. The molecule has 7 heteroatoms. The third-order valence-electron chi connectivity index (χ3n) is 6.81. The quantitative estimate of drug-likeness (QED) is 0.579. The van der Waals surface area contributed by atoms with Crippen molar-refractivity contribution in [1.29, 1.82) is 0 Å². The molecule has 1 amide bonds. The summed E-state index contributed by atoms with van der Waals surface area (Å²) in [4.78, 5) is 27.4. The van der Waals surface area contributed by atoms with E-state index in [1.807, 2.05) is 24.3 Å². The number of carbonyl (C=O) groups is 2. The van der Waals surface area contributed by atoms with E-state index < -0.39 is 11.5 Å². The fourth-order valence-electron chi connectivity index (χ4n) is 5.23. The fourth-order valence-corrected chi connectivity index (χ4v) is 5.23. The predicted molar refractivity (Wildman–Crippen MR) is 123 cm³/mol. The first-order valence-corrected chi connectivity index (χ1v) is 11.2. The lowest BCUT2D eigenvalue weighted by Gasteiger charge is -2.54. The predicted octanol–water partition coefficient (Wildman–Crippen LogP) is 2.75. The Morgan fingerprint density at radius 3 is 2.30 bits per heavy atom. The molecule has 0 radical (unpaired) electrons. The van der Waals surface area contributed by atoms with Gasteiger partial charge in [0.05, 0.1) is 19.3 Å². The van der Waals surface area contributed by atoms with Crippen LogP contribution in [0, 0.1) is 0 Å². The van der Waals surface area contributed by atoms with E-state index in [-0.39, 0.29) is 23.8 Å². The number of carbonyl (C=O) groups excluding carboxylic acids is 2. The third kappa shape index (κ3) is 3.44. The van der Waals surface area contributed by atoms with E-state index in [1.54, 1.807) is 17.0 Å². The van der Waals surface area contributed by atoms with E-state index in [0.29, 0.717) is 19.8 Å². The van der Waals surface area contributed by atoms with Gasteiger partial charge in [0.2, 0.25) is 5.78 Å². The Bertz CT molecular complexity index is 1110. The Labute approximate surface area is 193 Å². The highest BCUT2D eigenvalue weighted by atomic mass is 16.5. The summed E-state index contributed by atoms with van der Waals surface area (Å²) in [5.41, 5.74) is 4.72. The van der Waals surface area contributed by atoms with Crippen LogP contribution in [0.3, 0.4) is 0 Å². The summed E-state index contributed by atoms with van der Waals surface area (Å²) < 4.78 is 5.80. The van der Waals surface area contributed by atoms with Crippen molar-refractivity contribution in [2.45, 2.75) is 25.0 Å². The Morgan fingerprint density at radius 2 is 1.70 bits per heavy atom. The monoisotopic (exact) mass is 445 g/mol. The summed E-state index contributed by atoms with van der Waals surface area (Å²) in [5, 5.41) is 14.5. The standard InChI is InChI=1S/C26H27N3O4/c1-3-21(30)25(31)24-26(32)28-14-15-33-16-22(28)29(27(24)2)23-19-10-6-4-8-17(19)12-13-18-9-5-7-11-20(18)23/h3-11,22-23,31H,1,12-16H2,2H3/b25-24+/t22-/m1/s1. The summed E-state index contributed by atoms with van der Waals surface area (Å²) in [5.74, 6) is -1.66. The fraction of sp³-hybridized carbons (Fsp3) is 0.308. The van der Waals surface area contributed by atoms with E-state index in [4.69, 9.17) is 4.74 Å². The highest BCUT2D eigenvalue weighted by Gasteiger charge is 2.48. The number of hydrazine groups is 1. The van der Waals surface area contributed by atoms with Gasteiger partial charge in [0.1, 0.15) is 6.17 Å². The number of ether oxygens (including phenoxy) is 1. The van der Waals surface area contributed by atoms with Crippen LogP contribution in [0.4, 0.5) is 0 Å². The van der Waals surface area contributed by atoms with E-state index >= 15 is 0 Å². The zero-order valence-electron chi connectivity index (χ0n) is 18.6. The van der Waals surface area contributed by atoms with Gasteiger partial charge < -0.3 is 14.7 Å². The Balaban J connectivity index is 1.74. The Kier molecular flexibility index (Phi) is 5.52. The summed E-state index contributed by atoms with van der Waals surface area (Å²) in [6.07, 6.45) is 2.47. The first-order chi connectivity index (χ1) is 16.0. The smallest absolute Gasteiger partial charge is 0.277 e. The maximum absolute atomic E-state index is 13.4. The number of morpholine rings is 1. The lowest BCUT2D eigenvalue weighted by molar-refractivity contribution is -0.194. The number of fused-ring (bicyclic) bond motifs is 3. The average molecular weight is 446 g/mol. The molecule has 2 aliphatic heterocycles. The lowest BCUT2D eigenvalue weighted by atomic mass is 9.93. The lowest BCUT2D eigenvalue weighted by Crippen LogP contribution is -2.67. The van der Waals surface area contributed by atoms with Crippen LogP contribution in [-0.4, -0.2) is 64.7 Å². The molecular formula is C26H27N3O4. The van der Waals surface area contributed by atoms with Gasteiger partial charge in [0.15, 0.2) is 11.5 Å². The van der Waals surface area contributed by atoms with Crippen LogP contribution >= 0.6 is 0 Å². The first-order valence-electron chi connectivity index (χ1n) is 11.2. The number of rotatable bonds is 3. The molecule has 0 aromatic heterocycles. The van der Waals surface area contributed by atoms with Gasteiger partial charge in [-0.05, 0) is 41.2 Å². The van der Waals surface area contributed by atoms with Gasteiger partial charge in [-0.15, -0.1) is 0 Å². The number of likely N-dealkylation sites (N-methyl/N-ethyl adjacent to an activating group) is 1. The second kappa shape index (κ2) is 8.50. The zero-order chi connectivity index (χ0) is 23.1. The van der Waals surface area contributed by atoms with E-state index in [2.05, 4.69) is 35.9 Å². The normalized spacial score (nSPS) is 22.7. The van der Waals surface area contributed by atoms with Crippen molar-refractivity contribution in [2.75, 3.05) is 26.8 Å². The van der Waals surface area contributed by atoms with Gasteiger partial charge >= 0.3 is 0 Å². The second-order valence-electron chi connectivity index (χ2n) is 8.52. The molecule has 2 aromatic rings. The molecule has 0 spiro atoms. The number of hydrogen-bond donors (Lipinski definition) is 1. The van der Waals surface area contributed by atoms with Crippen molar-refractivity contribution >= 4 is 11.7 Å². The van der Waals surface area contributed by atoms with Crippen molar-refractivity contribution < 1.29 is 19.4 Å². The molecule has 1 N–H and O–H groups in total. The molecule has 2 heterocycles. The van der Waals surface area contributed by atoms with Crippen molar-refractivity contribution in [3.05, 3.63) is 94.9 Å². The van der Waals surface area contributed by atoms with Crippen molar-refractivity contribution in [3.63, 3.8) is 0 Å². The minimum Gasteiger partial charge on any atom is -0.503 e. The summed E-state index contributed by atoms with van der Waals surface area (Å²) >= 11 is 0. The number of aliphatic hydroxyl groups excluding tert-OH is 1. The molecule has 7 nitrogen and oxygen atoms in total. The van der Waals surface area contributed by atoms with Crippen LogP contribution in [0.5, 0.6) is 0 Å². The van der Waals surface area contributed by atoms with Crippen molar-refractivity contribution in [1.82, 2.24) is 14.9 Å². The van der Waals surface area contributed by atoms with Gasteiger partial charge in [-0.1, -0.05) is 55.1 Å². The number of amides is 1. The number of allylic oxidation sites excluding steroid dienone is 1. The van der Waals surface area contributed by atoms with E-state index in [1.165, 1.54) is 11.1 Å². The highest BCUT2D eigenvalue weighted by Crippen LogP contribution is 2.42. The minimum atomic E-state index is -0.682. The maximum Gasteiger partial charge on any atom is 0.277 e. The molecule has 0 saturated carbocycles. The van der Waals surface area contributed by atoms with Gasteiger partial charge in [0, 0.05) is 13.6 Å². The van der Waals surface area contributed by atoms with Crippen LogP contribution in [0.15, 0.2) is 72.6 Å². The SMILES string of the molecule is C=CC(=O)/C(O)=C1/C(=O)N2CCOC[C@H]2N(C2c3ccccc3CCc3ccccc32)N1C. The molecule has 0 unspecified atom stereocenters. The summed E-state index contributed by atoms with van der Waals surface area (Å²) in [7, 11) is 1.72. The summed E-state index contributed by atoms with van der Waals surface area (Å²) in [6, 6.07) is 16.5. The molecule has 33 heavy (non-hydrogen) atoms. The van der Waals surface area contributed by atoms with Gasteiger partial charge in [-0.2, -0.15) is 5.01 Å². The highest BCUT2D eigenvalue weighted by molar-refractivity contribution is 6.08. The number of aliphatic hydroxyl groups is 1. The molecule has 1 aliphatic carbocycles. The van der Waals surface area contributed by atoms with Crippen molar-refractivity contribution in [3.8, 4) is 0 Å². The number of aryl methyl sites for hydroxylation is 2. The van der Waals surface area contributed by atoms with Crippen molar-refractivity contribution in [2.24, 2.45) is 0 Å². The van der Waals surface area contributed by atoms with Crippen LogP contribution in [0.2, 0.25) is 0 Å². The molecular weight excluding hydrogens is 418 g/mol.